The molecule has 0 atom stereocenters. The van der Waals surface area contributed by atoms with Gasteiger partial charge in [-0.1, -0.05) is 84.4 Å². The van der Waals surface area contributed by atoms with Crippen LogP contribution in [0.4, 0.5) is 34.1 Å². The molecule has 210 valence electrons. The molecule has 0 bridgehead atoms. The van der Waals surface area contributed by atoms with Gasteiger partial charge in [0.15, 0.2) is 0 Å². The highest BCUT2D eigenvalue weighted by Crippen LogP contribution is 2.44. The number of anilines is 6. The molecule has 1 heterocycles. The first-order chi connectivity index (χ1) is 20.2. The van der Waals surface area contributed by atoms with E-state index in [9.17, 15) is 0 Å². The second kappa shape index (κ2) is 11.3. The third-order valence-corrected chi connectivity index (χ3v) is 8.35. The highest BCUT2D eigenvalue weighted by Gasteiger charge is 2.53. The molecule has 0 unspecified atom stereocenters. The number of hydrogen-bond acceptors (Lipinski definition) is 4. The first-order valence-corrected chi connectivity index (χ1v) is 14.6. The van der Waals surface area contributed by atoms with Gasteiger partial charge in [0, 0.05) is 44.6 Å². The Kier molecular flexibility index (Phi) is 7.59. The molecular formula is C36H34BClN2O2. The fraction of sp³-hybridized carbons (Fsp3) is 0.167. The van der Waals surface area contributed by atoms with Crippen molar-refractivity contribution in [2.75, 3.05) is 9.80 Å². The zero-order valence-electron chi connectivity index (χ0n) is 24.4. The Morgan fingerprint density at radius 3 is 1.07 bits per heavy atom. The summed E-state index contributed by atoms with van der Waals surface area (Å²) in [6.07, 6.45) is 0. The fourth-order valence-corrected chi connectivity index (χ4v) is 5.53. The van der Waals surface area contributed by atoms with E-state index in [0.717, 1.165) is 39.6 Å². The second-order valence-electron chi connectivity index (χ2n) is 11.5. The summed E-state index contributed by atoms with van der Waals surface area (Å²) in [6.45, 7) is 8.34. The maximum Gasteiger partial charge on any atom is 0.499 e. The van der Waals surface area contributed by atoms with Crippen molar-refractivity contribution >= 4 is 58.3 Å². The van der Waals surface area contributed by atoms with Gasteiger partial charge in [-0.25, -0.2) is 0 Å². The second-order valence-corrected chi connectivity index (χ2v) is 11.9. The number of nitrogens with zero attached hydrogens (tertiary/aromatic N) is 2. The summed E-state index contributed by atoms with van der Waals surface area (Å²) in [5.74, 6) is 0. The van der Waals surface area contributed by atoms with Gasteiger partial charge in [-0.05, 0) is 88.4 Å². The average molecular weight is 573 g/mol. The lowest BCUT2D eigenvalue weighted by Crippen LogP contribution is -2.41. The van der Waals surface area contributed by atoms with Crippen molar-refractivity contribution in [2.24, 2.45) is 0 Å². The van der Waals surface area contributed by atoms with Gasteiger partial charge >= 0.3 is 7.12 Å². The van der Waals surface area contributed by atoms with Crippen LogP contribution in [0.1, 0.15) is 27.7 Å². The van der Waals surface area contributed by atoms with Gasteiger partial charge in [0.05, 0.1) is 11.2 Å². The molecule has 0 aromatic heterocycles. The molecule has 0 spiro atoms. The largest absolute Gasteiger partial charge is 0.499 e. The minimum atomic E-state index is -0.665. The Morgan fingerprint density at radius 1 is 0.500 bits per heavy atom. The first-order valence-electron chi connectivity index (χ1n) is 14.2. The lowest BCUT2D eigenvalue weighted by molar-refractivity contribution is 0.00578. The third-order valence-electron chi connectivity index (χ3n) is 8.13. The van der Waals surface area contributed by atoms with Crippen molar-refractivity contribution in [3.8, 4) is 0 Å². The van der Waals surface area contributed by atoms with Crippen LogP contribution in [-0.4, -0.2) is 18.3 Å². The van der Waals surface area contributed by atoms with Gasteiger partial charge in [0.1, 0.15) is 0 Å². The molecule has 6 rings (SSSR count). The topological polar surface area (TPSA) is 24.9 Å². The van der Waals surface area contributed by atoms with Crippen LogP contribution in [0.5, 0.6) is 0 Å². The van der Waals surface area contributed by atoms with E-state index >= 15 is 0 Å². The van der Waals surface area contributed by atoms with E-state index in [4.69, 9.17) is 20.9 Å². The number of benzene rings is 5. The predicted octanol–water partition coefficient (Wildman–Crippen LogP) is 9.58. The molecule has 1 aliphatic heterocycles. The standard InChI is InChI=1S/C36H34BClN2O2/c1-35(2)36(3,4)42-37(41-35)34-32(39(28-17-9-5-10-18-28)29-19-11-6-12-20-29)25-27(38)26-33(34)40(30-21-13-7-14-22-30)31-23-15-8-16-24-31/h5-26H,1-4H3. The average Bonchev–Trinajstić information content (AvgIpc) is 3.21. The van der Waals surface area contributed by atoms with E-state index in [1.165, 1.54) is 0 Å². The lowest BCUT2D eigenvalue weighted by atomic mass is 9.75. The number of rotatable bonds is 7. The van der Waals surface area contributed by atoms with E-state index in [1.807, 2.05) is 84.9 Å². The zero-order valence-corrected chi connectivity index (χ0v) is 25.1. The van der Waals surface area contributed by atoms with E-state index in [0.29, 0.717) is 5.02 Å². The highest BCUT2D eigenvalue weighted by molar-refractivity contribution is 6.66. The van der Waals surface area contributed by atoms with Gasteiger partial charge < -0.3 is 19.1 Å². The molecule has 0 N–H and O–H groups in total. The zero-order chi connectivity index (χ0) is 29.3. The van der Waals surface area contributed by atoms with Gasteiger partial charge in [-0.3, -0.25) is 0 Å². The van der Waals surface area contributed by atoms with Crippen LogP contribution < -0.4 is 15.3 Å². The molecule has 5 aromatic carbocycles. The minimum absolute atomic E-state index is 0.541. The van der Waals surface area contributed by atoms with Crippen LogP contribution >= 0.6 is 11.6 Å². The van der Waals surface area contributed by atoms with Crippen LogP contribution in [0.15, 0.2) is 133 Å². The Bertz CT molecular complexity index is 1450. The molecule has 1 aliphatic rings. The molecule has 6 heteroatoms. The van der Waals surface area contributed by atoms with Crippen molar-refractivity contribution < 1.29 is 9.31 Å². The SMILES string of the molecule is CC1(C)OB(c2c(N(c3ccccc3)c3ccccc3)cc(Cl)cc2N(c2ccccc2)c2ccccc2)OC1(C)C. The maximum absolute atomic E-state index is 7.04. The van der Waals surface area contributed by atoms with E-state index < -0.39 is 18.3 Å². The Labute approximate surface area is 254 Å². The third kappa shape index (κ3) is 5.32. The maximum atomic E-state index is 7.04. The summed E-state index contributed by atoms with van der Waals surface area (Å²) in [5, 5.41) is 0.606. The van der Waals surface area contributed by atoms with Gasteiger partial charge in [0.2, 0.25) is 0 Å². The Balaban J connectivity index is 1.68. The summed E-state index contributed by atoms with van der Waals surface area (Å²) in [6, 6.07) is 45.3. The lowest BCUT2D eigenvalue weighted by Gasteiger charge is -2.33. The van der Waals surface area contributed by atoms with Crippen molar-refractivity contribution in [1.82, 2.24) is 0 Å². The van der Waals surface area contributed by atoms with Gasteiger partial charge in [-0.2, -0.15) is 0 Å². The summed E-state index contributed by atoms with van der Waals surface area (Å²) in [5.41, 5.74) is 5.57. The van der Waals surface area contributed by atoms with Crippen LogP contribution in [0.2, 0.25) is 5.02 Å². The van der Waals surface area contributed by atoms with E-state index in [2.05, 4.69) is 86.0 Å². The van der Waals surface area contributed by atoms with Gasteiger partial charge in [-0.15, -0.1) is 0 Å². The normalized spacial score (nSPS) is 15.4. The molecule has 0 amide bonds. The molecule has 0 radical (unpaired) electrons. The summed E-state index contributed by atoms with van der Waals surface area (Å²) in [4.78, 5) is 4.45. The van der Waals surface area contributed by atoms with Crippen LogP contribution in [-0.2, 0) is 9.31 Å². The molecular weight excluding hydrogens is 539 g/mol. The monoisotopic (exact) mass is 572 g/mol. The summed E-state index contributed by atoms with van der Waals surface area (Å²) >= 11 is 7.04. The Hall–Kier alpha value is -4.03. The Morgan fingerprint density at radius 2 is 0.786 bits per heavy atom. The van der Waals surface area contributed by atoms with Crippen molar-refractivity contribution in [2.45, 2.75) is 38.9 Å². The van der Waals surface area contributed by atoms with Crippen molar-refractivity contribution in [3.05, 3.63) is 138 Å². The molecule has 0 aliphatic carbocycles. The first kappa shape index (κ1) is 28.1. The number of hydrogen-bond donors (Lipinski definition) is 0. The number of para-hydroxylation sites is 4. The van der Waals surface area contributed by atoms with Gasteiger partial charge in [0.25, 0.3) is 0 Å². The van der Waals surface area contributed by atoms with Crippen LogP contribution in [0.3, 0.4) is 0 Å². The van der Waals surface area contributed by atoms with E-state index in [1.54, 1.807) is 0 Å². The van der Waals surface area contributed by atoms with Crippen molar-refractivity contribution in [1.29, 1.82) is 0 Å². The van der Waals surface area contributed by atoms with E-state index in [-0.39, 0.29) is 0 Å². The highest BCUT2D eigenvalue weighted by atomic mass is 35.5. The molecule has 1 fully saturated rings. The van der Waals surface area contributed by atoms with Crippen LogP contribution in [0.25, 0.3) is 0 Å². The summed E-state index contributed by atoms with van der Waals surface area (Å²) in [7, 11) is -0.665. The minimum Gasteiger partial charge on any atom is -0.399 e. The smallest absolute Gasteiger partial charge is 0.399 e. The number of halogens is 1. The quantitative estimate of drug-likeness (QED) is 0.181. The molecule has 0 saturated carbocycles. The molecule has 42 heavy (non-hydrogen) atoms. The molecule has 1 saturated heterocycles. The fourth-order valence-electron chi connectivity index (χ4n) is 5.32. The summed E-state index contributed by atoms with van der Waals surface area (Å²) < 4.78 is 13.6. The van der Waals surface area contributed by atoms with Crippen LogP contribution in [0, 0.1) is 0 Å². The molecule has 5 aromatic rings. The molecule has 4 nitrogen and oxygen atoms in total. The van der Waals surface area contributed by atoms with Crippen molar-refractivity contribution in [3.63, 3.8) is 0 Å². The predicted molar refractivity (Wildman–Crippen MR) is 177 cm³/mol.